The van der Waals surface area contributed by atoms with Gasteiger partial charge in [0, 0.05) is 30.1 Å². The maximum absolute atomic E-state index is 5.63. The van der Waals surface area contributed by atoms with Gasteiger partial charge in [-0.05, 0) is 55.5 Å². The van der Waals surface area contributed by atoms with Crippen molar-refractivity contribution in [1.29, 1.82) is 0 Å². The SMILES string of the molecule is COc1ccccc1CNC1C2CCCN(CC2)C1C(c1ccccc1)c1ccccc1. The van der Waals surface area contributed by atoms with Crippen molar-refractivity contribution in [3.63, 3.8) is 0 Å². The van der Waals surface area contributed by atoms with Crippen LogP contribution in [-0.4, -0.2) is 37.2 Å². The van der Waals surface area contributed by atoms with Gasteiger partial charge in [0.2, 0.25) is 0 Å². The highest BCUT2D eigenvalue weighted by atomic mass is 16.5. The van der Waals surface area contributed by atoms with Crippen molar-refractivity contribution in [2.24, 2.45) is 5.92 Å². The van der Waals surface area contributed by atoms with Crippen molar-refractivity contribution < 1.29 is 4.74 Å². The molecule has 3 heterocycles. The molecule has 0 aromatic heterocycles. The minimum absolute atomic E-state index is 0.355. The second kappa shape index (κ2) is 9.89. The molecule has 6 rings (SSSR count). The van der Waals surface area contributed by atoms with Crippen LogP contribution in [0.15, 0.2) is 84.9 Å². The van der Waals surface area contributed by atoms with Crippen molar-refractivity contribution >= 4 is 0 Å². The molecule has 3 nitrogen and oxygen atoms in total. The van der Waals surface area contributed by atoms with Crippen molar-refractivity contribution in [1.82, 2.24) is 10.2 Å². The first-order valence-electron chi connectivity index (χ1n) is 12.0. The number of rotatable bonds is 7. The summed E-state index contributed by atoms with van der Waals surface area (Å²) < 4.78 is 5.63. The van der Waals surface area contributed by atoms with Crippen LogP contribution >= 0.6 is 0 Å². The Bertz CT molecular complexity index is 947. The Hall–Kier alpha value is -2.62. The first-order chi connectivity index (χ1) is 15.8. The topological polar surface area (TPSA) is 24.5 Å². The van der Waals surface area contributed by atoms with Gasteiger partial charge in [-0.25, -0.2) is 0 Å². The van der Waals surface area contributed by atoms with Crippen LogP contribution < -0.4 is 10.1 Å². The van der Waals surface area contributed by atoms with Crippen LogP contribution in [0.2, 0.25) is 0 Å². The first kappa shape index (κ1) is 21.2. The van der Waals surface area contributed by atoms with Crippen LogP contribution in [0.25, 0.3) is 0 Å². The van der Waals surface area contributed by atoms with Crippen molar-refractivity contribution in [2.45, 2.75) is 43.8 Å². The number of piperidine rings is 1. The van der Waals surface area contributed by atoms with Gasteiger partial charge in [-0.15, -0.1) is 0 Å². The number of methoxy groups -OCH3 is 1. The summed E-state index contributed by atoms with van der Waals surface area (Å²) in [5, 5.41) is 4.03. The zero-order valence-electron chi connectivity index (χ0n) is 19.0. The molecule has 1 N–H and O–H groups in total. The van der Waals surface area contributed by atoms with E-state index in [0.29, 0.717) is 23.9 Å². The highest BCUT2D eigenvalue weighted by Gasteiger charge is 2.44. The number of hydrogen-bond acceptors (Lipinski definition) is 3. The Labute approximate surface area is 192 Å². The van der Waals surface area contributed by atoms with E-state index in [0.717, 1.165) is 12.3 Å². The molecule has 3 saturated heterocycles. The van der Waals surface area contributed by atoms with Crippen molar-refractivity contribution in [2.75, 3.05) is 20.2 Å². The van der Waals surface area contributed by atoms with E-state index in [-0.39, 0.29) is 0 Å². The molecule has 0 radical (unpaired) electrons. The summed E-state index contributed by atoms with van der Waals surface area (Å²) in [5.41, 5.74) is 4.07. The Kier molecular flexibility index (Phi) is 6.56. The lowest BCUT2D eigenvalue weighted by molar-refractivity contribution is 0.0860. The average molecular weight is 427 g/mol. The maximum Gasteiger partial charge on any atom is 0.123 e. The molecule has 0 spiro atoms. The molecular weight excluding hydrogens is 392 g/mol. The summed E-state index contributed by atoms with van der Waals surface area (Å²) in [7, 11) is 1.77. The van der Waals surface area contributed by atoms with Gasteiger partial charge < -0.3 is 10.1 Å². The lowest BCUT2D eigenvalue weighted by Gasteiger charge is -2.47. The molecule has 3 aliphatic heterocycles. The molecule has 0 saturated carbocycles. The highest BCUT2D eigenvalue weighted by Crippen LogP contribution is 2.41. The minimum Gasteiger partial charge on any atom is -0.496 e. The molecule has 3 aliphatic rings. The fourth-order valence-electron chi connectivity index (χ4n) is 6.00. The van der Waals surface area contributed by atoms with Gasteiger partial charge in [-0.1, -0.05) is 78.9 Å². The number of fused-ring (bicyclic) bond motifs is 4. The van der Waals surface area contributed by atoms with Gasteiger partial charge in [0.05, 0.1) is 7.11 Å². The van der Waals surface area contributed by atoms with Gasteiger partial charge in [0.15, 0.2) is 0 Å². The fraction of sp³-hybridized carbons (Fsp3) is 0.379. The summed E-state index contributed by atoms with van der Waals surface area (Å²) in [6, 6.07) is 31.5. The number of hydrogen-bond donors (Lipinski definition) is 1. The van der Waals surface area contributed by atoms with E-state index in [2.05, 4.69) is 89.1 Å². The number of nitrogens with zero attached hydrogens (tertiary/aromatic N) is 1. The fourth-order valence-corrected chi connectivity index (χ4v) is 6.00. The Morgan fingerprint density at radius 1 is 0.844 bits per heavy atom. The third kappa shape index (κ3) is 4.32. The molecule has 3 aromatic carbocycles. The first-order valence-corrected chi connectivity index (χ1v) is 12.0. The van der Waals surface area contributed by atoms with Crippen LogP contribution in [-0.2, 0) is 6.54 Å². The standard InChI is InChI=1S/C29H34N2O/c1-32-26-17-9-8-15-25(26)21-30-28-24-16-10-19-31(20-18-24)29(28)27(22-11-4-2-5-12-22)23-13-6-3-7-14-23/h2-9,11-15,17,24,27-30H,10,16,18-21H2,1H3. The second-order valence-corrected chi connectivity index (χ2v) is 9.24. The van der Waals surface area contributed by atoms with Crippen LogP contribution in [0.1, 0.15) is 41.9 Å². The molecule has 166 valence electrons. The van der Waals surface area contributed by atoms with Crippen LogP contribution in [0.3, 0.4) is 0 Å². The Morgan fingerprint density at radius 2 is 1.50 bits per heavy atom. The van der Waals surface area contributed by atoms with E-state index in [1.807, 2.05) is 6.07 Å². The summed E-state index contributed by atoms with van der Waals surface area (Å²) in [4.78, 5) is 2.77. The number of benzene rings is 3. The molecule has 2 bridgehead atoms. The van der Waals surface area contributed by atoms with Crippen LogP contribution in [0, 0.1) is 5.92 Å². The van der Waals surface area contributed by atoms with Crippen LogP contribution in [0.5, 0.6) is 5.75 Å². The molecule has 0 amide bonds. The molecule has 32 heavy (non-hydrogen) atoms. The molecule has 3 heteroatoms. The van der Waals surface area contributed by atoms with Gasteiger partial charge >= 0.3 is 0 Å². The minimum atomic E-state index is 0.355. The lowest BCUT2D eigenvalue weighted by Crippen LogP contribution is -2.58. The van der Waals surface area contributed by atoms with E-state index in [4.69, 9.17) is 4.74 Å². The third-order valence-corrected chi connectivity index (χ3v) is 7.48. The summed E-state index contributed by atoms with van der Waals surface area (Å²) in [6.07, 6.45) is 3.90. The van der Waals surface area contributed by atoms with Gasteiger partial charge in [-0.2, -0.15) is 0 Å². The van der Waals surface area contributed by atoms with Crippen LogP contribution in [0.4, 0.5) is 0 Å². The van der Waals surface area contributed by atoms with Gasteiger partial charge in [0.1, 0.15) is 5.75 Å². The Balaban J connectivity index is 1.52. The zero-order valence-corrected chi connectivity index (χ0v) is 19.0. The maximum atomic E-state index is 5.63. The third-order valence-electron chi connectivity index (χ3n) is 7.48. The van der Waals surface area contributed by atoms with E-state index < -0.39 is 0 Å². The normalized spacial score (nSPS) is 24.9. The molecule has 3 aromatic rings. The molecule has 0 aliphatic carbocycles. The van der Waals surface area contributed by atoms with Gasteiger partial charge in [-0.3, -0.25) is 4.90 Å². The summed E-state index contributed by atoms with van der Waals surface area (Å²) in [5.74, 6) is 2.04. The smallest absolute Gasteiger partial charge is 0.123 e. The predicted molar refractivity (Wildman–Crippen MR) is 131 cm³/mol. The predicted octanol–water partition coefficient (Wildman–Crippen LogP) is 5.47. The van der Waals surface area contributed by atoms with E-state index in [1.165, 1.54) is 49.0 Å². The monoisotopic (exact) mass is 426 g/mol. The largest absolute Gasteiger partial charge is 0.496 e. The molecular formula is C29H34N2O. The lowest BCUT2D eigenvalue weighted by atomic mass is 9.74. The van der Waals surface area contributed by atoms with E-state index >= 15 is 0 Å². The molecule has 4 atom stereocenters. The summed E-state index contributed by atoms with van der Waals surface area (Å²) >= 11 is 0. The quantitative estimate of drug-likeness (QED) is 0.542. The number of para-hydroxylation sites is 1. The van der Waals surface area contributed by atoms with Crippen molar-refractivity contribution in [3.05, 3.63) is 102 Å². The van der Waals surface area contributed by atoms with Crippen molar-refractivity contribution in [3.8, 4) is 5.75 Å². The van der Waals surface area contributed by atoms with Gasteiger partial charge in [0.25, 0.3) is 0 Å². The van der Waals surface area contributed by atoms with E-state index in [1.54, 1.807) is 7.11 Å². The average Bonchev–Trinajstić information content (AvgIpc) is 3.19. The molecule has 4 unspecified atom stereocenters. The highest BCUT2D eigenvalue weighted by molar-refractivity contribution is 5.36. The Morgan fingerprint density at radius 3 is 2.19 bits per heavy atom. The molecule has 3 fully saturated rings. The number of nitrogens with one attached hydrogen (secondary N) is 1. The van der Waals surface area contributed by atoms with E-state index in [9.17, 15) is 0 Å². The zero-order chi connectivity index (χ0) is 21.8. The second-order valence-electron chi connectivity index (χ2n) is 9.24. The summed E-state index contributed by atoms with van der Waals surface area (Å²) in [6.45, 7) is 3.24. The number of ether oxygens (including phenoxy) is 1.